The van der Waals surface area contributed by atoms with Crippen LogP contribution in [0.15, 0.2) is 12.5 Å². The smallest absolute Gasteiger partial charge is 0.0948 e. The van der Waals surface area contributed by atoms with Gasteiger partial charge in [0, 0.05) is 18.4 Å². The SMILES string of the molecule is CCCc1cncn1CC1CCCNC1. The van der Waals surface area contributed by atoms with Gasteiger partial charge in [0.1, 0.15) is 0 Å². The summed E-state index contributed by atoms with van der Waals surface area (Å²) >= 11 is 0. The molecule has 1 unspecified atom stereocenters. The van der Waals surface area contributed by atoms with Crippen molar-refractivity contribution in [3.05, 3.63) is 18.2 Å². The summed E-state index contributed by atoms with van der Waals surface area (Å²) in [6.07, 6.45) is 9.04. The molecule has 1 saturated heterocycles. The third-order valence-electron chi connectivity index (χ3n) is 3.16. The van der Waals surface area contributed by atoms with Crippen LogP contribution in [0.3, 0.4) is 0 Å². The maximum Gasteiger partial charge on any atom is 0.0948 e. The number of piperidine rings is 1. The summed E-state index contributed by atoms with van der Waals surface area (Å²) in [6, 6.07) is 0. The first-order chi connectivity index (χ1) is 7.40. The van der Waals surface area contributed by atoms with Crippen LogP contribution in [0.4, 0.5) is 0 Å². The Morgan fingerprint density at radius 1 is 1.60 bits per heavy atom. The average Bonchev–Trinajstić information content (AvgIpc) is 2.68. The maximum atomic E-state index is 4.25. The molecule has 0 amide bonds. The molecule has 1 aliphatic rings. The van der Waals surface area contributed by atoms with Crippen molar-refractivity contribution in [1.82, 2.24) is 14.9 Å². The number of aryl methyl sites for hydroxylation is 1. The lowest BCUT2D eigenvalue weighted by Gasteiger charge is -2.23. The molecule has 2 rings (SSSR count). The fourth-order valence-electron chi connectivity index (χ4n) is 2.33. The van der Waals surface area contributed by atoms with Crippen LogP contribution in [0.2, 0.25) is 0 Å². The predicted octanol–water partition coefficient (Wildman–Crippen LogP) is 1.84. The summed E-state index contributed by atoms with van der Waals surface area (Å²) in [4.78, 5) is 4.25. The van der Waals surface area contributed by atoms with E-state index in [4.69, 9.17) is 0 Å². The normalized spacial score (nSPS) is 21.8. The summed E-state index contributed by atoms with van der Waals surface area (Å²) in [7, 11) is 0. The van der Waals surface area contributed by atoms with E-state index in [1.54, 1.807) is 0 Å². The van der Waals surface area contributed by atoms with E-state index < -0.39 is 0 Å². The van der Waals surface area contributed by atoms with Crippen LogP contribution in [0.25, 0.3) is 0 Å². The zero-order valence-corrected chi connectivity index (χ0v) is 9.58. The minimum atomic E-state index is 0.795. The lowest BCUT2D eigenvalue weighted by atomic mass is 9.99. The molecule has 1 fully saturated rings. The van der Waals surface area contributed by atoms with E-state index in [1.807, 2.05) is 12.5 Å². The van der Waals surface area contributed by atoms with E-state index in [0.29, 0.717) is 0 Å². The van der Waals surface area contributed by atoms with E-state index in [1.165, 1.54) is 38.0 Å². The van der Waals surface area contributed by atoms with E-state index in [9.17, 15) is 0 Å². The van der Waals surface area contributed by atoms with Crippen molar-refractivity contribution in [2.45, 2.75) is 39.2 Å². The molecule has 0 aliphatic carbocycles. The van der Waals surface area contributed by atoms with Gasteiger partial charge in [-0.15, -0.1) is 0 Å². The highest BCUT2D eigenvalue weighted by atomic mass is 15.1. The summed E-state index contributed by atoms with van der Waals surface area (Å²) in [6.45, 7) is 5.73. The lowest BCUT2D eigenvalue weighted by Crippen LogP contribution is -2.32. The number of nitrogens with one attached hydrogen (secondary N) is 1. The summed E-state index contributed by atoms with van der Waals surface area (Å²) < 4.78 is 2.33. The summed E-state index contributed by atoms with van der Waals surface area (Å²) in [5, 5.41) is 3.46. The molecule has 1 aliphatic heterocycles. The van der Waals surface area contributed by atoms with Crippen molar-refractivity contribution >= 4 is 0 Å². The zero-order chi connectivity index (χ0) is 10.5. The fraction of sp³-hybridized carbons (Fsp3) is 0.750. The Morgan fingerprint density at radius 3 is 3.27 bits per heavy atom. The van der Waals surface area contributed by atoms with Crippen molar-refractivity contribution in [3.63, 3.8) is 0 Å². The molecular formula is C12H21N3. The molecule has 1 atom stereocenters. The molecular weight excluding hydrogens is 186 g/mol. The van der Waals surface area contributed by atoms with Gasteiger partial charge in [-0.25, -0.2) is 4.98 Å². The zero-order valence-electron chi connectivity index (χ0n) is 9.58. The van der Waals surface area contributed by atoms with Crippen molar-refractivity contribution in [2.24, 2.45) is 5.92 Å². The Morgan fingerprint density at radius 2 is 2.53 bits per heavy atom. The highest BCUT2D eigenvalue weighted by Gasteiger charge is 2.14. The first-order valence-electron chi connectivity index (χ1n) is 6.10. The Hall–Kier alpha value is -0.830. The molecule has 0 radical (unpaired) electrons. The Kier molecular flexibility index (Phi) is 3.78. The van der Waals surface area contributed by atoms with Crippen molar-refractivity contribution < 1.29 is 0 Å². The number of hydrogen-bond acceptors (Lipinski definition) is 2. The van der Waals surface area contributed by atoms with Gasteiger partial charge in [-0.3, -0.25) is 0 Å². The van der Waals surface area contributed by atoms with Crippen molar-refractivity contribution in [1.29, 1.82) is 0 Å². The van der Waals surface area contributed by atoms with Crippen LogP contribution in [-0.4, -0.2) is 22.6 Å². The third-order valence-corrected chi connectivity index (χ3v) is 3.16. The van der Waals surface area contributed by atoms with Gasteiger partial charge in [0.15, 0.2) is 0 Å². The van der Waals surface area contributed by atoms with Crippen LogP contribution in [0.5, 0.6) is 0 Å². The van der Waals surface area contributed by atoms with Gasteiger partial charge in [-0.1, -0.05) is 13.3 Å². The first-order valence-corrected chi connectivity index (χ1v) is 6.10. The first kappa shape index (κ1) is 10.7. The molecule has 0 saturated carbocycles. The van der Waals surface area contributed by atoms with E-state index >= 15 is 0 Å². The lowest BCUT2D eigenvalue weighted by molar-refractivity contribution is 0.334. The van der Waals surface area contributed by atoms with Crippen LogP contribution in [-0.2, 0) is 13.0 Å². The highest BCUT2D eigenvalue weighted by molar-refractivity contribution is 4.98. The minimum absolute atomic E-state index is 0.795. The topological polar surface area (TPSA) is 29.9 Å². The molecule has 1 aromatic rings. The second kappa shape index (κ2) is 5.31. The molecule has 84 valence electrons. The van der Waals surface area contributed by atoms with E-state index in [-0.39, 0.29) is 0 Å². The Bertz CT molecular complexity index is 287. The monoisotopic (exact) mass is 207 g/mol. The quantitative estimate of drug-likeness (QED) is 0.816. The van der Waals surface area contributed by atoms with Crippen LogP contribution < -0.4 is 5.32 Å². The van der Waals surface area contributed by atoms with E-state index in [2.05, 4.69) is 21.8 Å². The molecule has 1 aromatic heterocycles. The number of rotatable bonds is 4. The number of nitrogens with zero attached hydrogens (tertiary/aromatic N) is 2. The molecule has 2 heterocycles. The summed E-state index contributed by atoms with van der Waals surface area (Å²) in [5.41, 5.74) is 1.39. The van der Waals surface area contributed by atoms with Crippen molar-refractivity contribution in [3.8, 4) is 0 Å². The molecule has 0 spiro atoms. The van der Waals surface area contributed by atoms with Crippen LogP contribution in [0, 0.1) is 5.92 Å². The van der Waals surface area contributed by atoms with Gasteiger partial charge >= 0.3 is 0 Å². The second-order valence-corrected chi connectivity index (χ2v) is 4.50. The number of hydrogen-bond donors (Lipinski definition) is 1. The maximum absolute atomic E-state index is 4.25. The molecule has 1 N–H and O–H groups in total. The second-order valence-electron chi connectivity index (χ2n) is 4.50. The molecule has 3 nitrogen and oxygen atoms in total. The van der Waals surface area contributed by atoms with Gasteiger partial charge in [0.2, 0.25) is 0 Å². The van der Waals surface area contributed by atoms with E-state index in [0.717, 1.165) is 18.9 Å². The molecule has 3 heteroatoms. The standard InChI is InChI=1S/C12H21N3/c1-2-4-12-8-14-10-15(12)9-11-5-3-6-13-7-11/h8,10-11,13H,2-7,9H2,1H3. The Labute approximate surface area is 91.9 Å². The fourth-order valence-corrected chi connectivity index (χ4v) is 2.33. The average molecular weight is 207 g/mol. The number of aromatic nitrogens is 2. The van der Waals surface area contributed by atoms with Gasteiger partial charge < -0.3 is 9.88 Å². The predicted molar refractivity (Wildman–Crippen MR) is 61.8 cm³/mol. The minimum Gasteiger partial charge on any atom is -0.334 e. The van der Waals surface area contributed by atoms with Gasteiger partial charge in [-0.05, 0) is 38.3 Å². The molecule has 0 aromatic carbocycles. The van der Waals surface area contributed by atoms with Crippen LogP contribution >= 0.6 is 0 Å². The van der Waals surface area contributed by atoms with Gasteiger partial charge in [0.05, 0.1) is 6.33 Å². The summed E-state index contributed by atoms with van der Waals surface area (Å²) in [5.74, 6) is 0.795. The highest BCUT2D eigenvalue weighted by Crippen LogP contribution is 2.14. The third kappa shape index (κ3) is 2.81. The molecule has 15 heavy (non-hydrogen) atoms. The van der Waals surface area contributed by atoms with Crippen molar-refractivity contribution in [2.75, 3.05) is 13.1 Å². The van der Waals surface area contributed by atoms with Gasteiger partial charge in [-0.2, -0.15) is 0 Å². The largest absolute Gasteiger partial charge is 0.334 e. The van der Waals surface area contributed by atoms with Gasteiger partial charge in [0.25, 0.3) is 0 Å². The molecule has 0 bridgehead atoms. The Balaban J connectivity index is 1.93. The number of imidazole rings is 1. The van der Waals surface area contributed by atoms with Crippen LogP contribution in [0.1, 0.15) is 31.9 Å².